The fourth-order valence-corrected chi connectivity index (χ4v) is 1.71. The molecule has 0 radical (unpaired) electrons. The molecule has 0 amide bonds. The van der Waals surface area contributed by atoms with Crippen LogP contribution in [0.25, 0.3) is 5.69 Å². The largest absolute Gasteiger partial charge is 0.436 e. The van der Waals surface area contributed by atoms with E-state index in [9.17, 15) is 0 Å². The van der Waals surface area contributed by atoms with Gasteiger partial charge in [0.25, 0.3) is 5.88 Å². The number of hydrogen-bond acceptors (Lipinski definition) is 5. The summed E-state index contributed by atoms with van der Waals surface area (Å²) < 4.78 is 7.47. The molecular weight excluding hydrogens is 254 g/mol. The lowest BCUT2D eigenvalue weighted by Crippen LogP contribution is -1.95. The first kappa shape index (κ1) is 11.9. The molecule has 0 fully saturated rings. The van der Waals surface area contributed by atoms with Gasteiger partial charge in [0.05, 0.1) is 12.0 Å². The zero-order valence-corrected chi connectivity index (χ0v) is 10.3. The van der Waals surface area contributed by atoms with Crippen LogP contribution in [0.15, 0.2) is 55.4 Å². The Morgan fingerprint density at radius 1 is 1.15 bits per heavy atom. The zero-order chi connectivity index (χ0) is 13.8. The molecule has 2 heterocycles. The number of aromatic nitrogens is 4. The molecule has 1 aromatic carbocycles. The van der Waals surface area contributed by atoms with Crippen molar-refractivity contribution in [2.45, 2.75) is 0 Å². The minimum Gasteiger partial charge on any atom is -0.436 e. The molecule has 0 aliphatic carbocycles. The highest BCUT2D eigenvalue weighted by Crippen LogP contribution is 2.23. The van der Waals surface area contributed by atoms with Gasteiger partial charge in [-0.1, -0.05) is 6.07 Å². The number of imidazole rings is 1. The molecule has 96 valence electrons. The summed E-state index contributed by atoms with van der Waals surface area (Å²) in [5.74, 6) is 0.769. The molecule has 3 rings (SSSR count). The van der Waals surface area contributed by atoms with Gasteiger partial charge in [-0.2, -0.15) is 5.26 Å². The second kappa shape index (κ2) is 5.20. The first-order valence-corrected chi connectivity index (χ1v) is 5.84. The Balaban J connectivity index is 1.92. The third kappa shape index (κ3) is 2.33. The lowest BCUT2D eigenvalue weighted by molar-refractivity contribution is 0.458. The zero-order valence-electron chi connectivity index (χ0n) is 10.3. The molecule has 3 aromatic rings. The SMILES string of the molecule is N#Cc1nccnc1Oc1cccc(-n2ccnc2)c1. The molecule has 0 aliphatic heterocycles. The Morgan fingerprint density at radius 2 is 2.05 bits per heavy atom. The van der Waals surface area contributed by atoms with Gasteiger partial charge in [-0.25, -0.2) is 15.0 Å². The van der Waals surface area contributed by atoms with Crippen LogP contribution in [-0.4, -0.2) is 19.5 Å². The predicted molar refractivity (Wildman–Crippen MR) is 70.4 cm³/mol. The van der Waals surface area contributed by atoms with Crippen molar-refractivity contribution in [2.24, 2.45) is 0 Å². The van der Waals surface area contributed by atoms with Crippen LogP contribution in [0.4, 0.5) is 0 Å². The Hall–Kier alpha value is -3.20. The molecule has 0 saturated heterocycles. The molecule has 0 atom stereocenters. The number of hydrogen-bond donors (Lipinski definition) is 0. The highest BCUT2D eigenvalue weighted by atomic mass is 16.5. The summed E-state index contributed by atoms with van der Waals surface area (Å²) in [6, 6.07) is 9.34. The molecule has 0 unspecified atom stereocenters. The van der Waals surface area contributed by atoms with E-state index in [1.807, 2.05) is 35.0 Å². The summed E-state index contributed by atoms with van der Waals surface area (Å²) in [6.07, 6.45) is 8.16. The summed E-state index contributed by atoms with van der Waals surface area (Å²) in [5, 5.41) is 8.96. The van der Waals surface area contributed by atoms with Crippen LogP contribution in [0.3, 0.4) is 0 Å². The lowest BCUT2D eigenvalue weighted by atomic mass is 10.3. The third-order valence-electron chi connectivity index (χ3n) is 2.61. The number of nitrogens with zero attached hydrogens (tertiary/aromatic N) is 5. The third-order valence-corrected chi connectivity index (χ3v) is 2.61. The number of ether oxygens (including phenoxy) is 1. The minimum atomic E-state index is 0.153. The van der Waals surface area contributed by atoms with Crippen molar-refractivity contribution < 1.29 is 4.74 Å². The normalized spacial score (nSPS) is 9.95. The second-order valence-corrected chi connectivity index (χ2v) is 3.89. The monoisotopic (exact) mass is 263 g/mol. The van der Waals surface area contributed by atoms with E-state index in [2.05, 4.69) is 15.0 Å². The van der Waals surface area contributed by atoms with Crippen LogP contribution in [0.5, 0.6) is 11.6 Å². The van der Waals surface area contributed by atoms with Crippen LogP contribution >= 0.6 is 0 Å². The van der Waals surface area contributed by atoms with E-state index in [1.54, 1.807) is 18.6 Å². The van der Waals surface area contributed by atoms with E-state index in [0.717, 1.165) is 5.69 Å². The standard InChI is InChI=1S/C14H9N5O/c15-9-13-14(18-5-4-17-13)20-12-3-1-2-11(8-12)19-7-6-16-10-19/h1-8,10H. The van der Waals surface area contributed by atoms with Gasteiger partial charge in [0, 0.05) is 30.9 Å². The Kier molecular flexibility index (Phi) is 3.08. The minimum absolute atomic E-state index is 0.153. The van der Waals surface area contributed by atoms with Gasteiger partial charge in [-0.15, -0.1) is 0 Å². The molecular formula is C14H9N5O. The topological polar surface area (TPSA) is 76.6 Å². The molecule has 20 heavy (non-hydrogen) atoms. The summed E-state index contributed by atoms with van der Waals surface area (Å²) >= 11 is 0. The van der Waals surface area contributed by atoms with Crippen LogP contribution < -0.4 is 4.74 Å². The molecule has 0 spiro atoms. The molecule has 6 heteroatoms. The van der Waals surface area contributed by atoms with E-state index in [-0.39, 0.29) is 11.6 Å². The van der Waals surface area contributed by atoms with Gasteiger partial charge in [0.2, 0.25) is 5.69 Å². The van der Waals surface area contributed by atoms with Crippen molar-refractivity contribution in [2.75, 3.05) is 0 Å². The van der Waals surface area contributed by atoms with E-state index in [0.29, 0.717) is 5.75 Å². The number of nitriles is 1. The molecule has 0 bridgehead atoms. The maximum atomic E-state index is 8.96. The molecule has 2 aromatic heterocycles. The van der Waals surface area contributed by atoms with Gasteiger partial charge in [-0.05, 0) is 12.1 Å². The van der Waals surface area contributed by atoms with Crippen LogP contribution in [0.2, 0.25) is 0 Å². The average Bonchev–Trinajstić information content (AvgIpc) is 3.02. The second-order valence-electron chi connectivity index (χ2n) is 3.89. The summed E-state index contributed by atoms with van der Waals surface area (Å²) in [6.45, 7) is 0. The average molecular weight is 263 g/mol. The van der Waals surface area contributed by atoms with E-state index in [1.165, 1.54) is 12.4 Å². The Bertz CT molecular complexity index is 761. The lowest BCUT2D eigenvalue weighted by Gasteiger charge is -2.07. The fourth-order valence-electron chi connectivity index (χ4n) is 1.71. The van der Waals surface area contributed by atoms with Crippen molar-refractivity contribution in [3.63, 3.8) is 0 Å². The highest BCUT2D eigenvalue weighted by molar-refractivity contribution is 5.42. The number of rotatable bonds is 3. The summed E-state index contributed by atoms with van der Waals surface area (Å²) in [5.41, 5.74) is 1.06. The molecule has 0 saturated carbocycles. The molecule has 0 N–H and O–H groups in total. The maximum absolute atomic E-state index is 8.96. The quantitative estimate of drug-likeness (QED) is 0.724. The Labute approximate surface area is 114 Å². The van der Waals surface area contributed by atoms with Gasteiger partial charge in [0.15, 0.2) is 0 Å². The Morgan fingerprint density at radius 3 is 2.85 bits per heavy atom. The van der Waals surface area contributed by atoms with Crippen LogP contribution in [-0.2, 0) is 0 Å². The highest BCUT2D eigenvalue weighted by Gasteiger charge is 2.07. The van der Waals surface area contributed by atoms with E-state index >= 15 is 0 Å². The van der Waals surface area contributed by atoms with Crippen molar-refractivity contribution >= 4 is 0 Å². The summed E-state index contributed by atoms with van der Waals surface area (Å²) in [4.78, 5) is 11.9. The van der Waals surface area contributed by atoms with E-state index < -0.39 is 0 Å². The van der Waals surface area contributed by atoms with Gasteiger partial charge in [-0.3, -0.25) is 0 Å². The van der Waals surface area contributed by atoms with E-state index in [4.69, 9.17) is 10.00 Å². The maximum Gasteiger partial charge on any atom is 0.256 e. The van der Waals surface area contributed by atoms with Crippen molar-refractivity contribution in [3.05, 3.63) is 61.1 Å². The molecule has 0 aliphatic rings. The summed E-state index contributed by atoms with van der Waals surface area (Å²) in [7, 11) is 0. The molecule has 6 nitrogen and oxygen atoms in total. The first-order chi connectivity index (χ1) is 9.86. The van der Waals surface area contributed by atoms with Crippen molar-refractivity contribution in [1.82, 2.24) is 19.5 Å². The van der Waals surface area contributed by atoms with Crippen LogP contribution in [0, 0.1) is 11.3 Å². The predicted octanol–water partition coefficient (Wildman–Crippen LogP) is 2.33. The van der Waals surface area contributed by atoms with Gasteiger partial charge < -0.3 is 9.30 Å². The number of benzene rings is 1. The van der Waals surface area contributed by atoms with Gasteiger partial charge in [0.1, 0.15) is 11.8 Å². The fraction of sp³-hybridized carbons (Fsp3) is 0. The van der Waals surface area contributed by atoms with Crippen LogP contribution in [0.1, 0.15) is 5.69 Å². The first-order valence-electron chi connectivity index (χ1n) is 5.84. The van der Waals surface area contributed by atoms with Gasteiger partial charge >= 0.3 is 0 Å². The smallest absolute Gasteiger partial charge is 0.256 e. The van der Waals surface area contributed by atoms with Crippen molar-refractivity contribution in [1.29, 1.82) is 5.26 Å². The van der Waals surface area contributed by atoms with Crippen molar-refractivity contribution in [3.8, 4) is 23.4 Å².